The Bertz CT molecular complexity index is 641. The lowest BCUT2D eigenvalue weighted by Gasteiger charge is -2.16. The molecule has 0 unspecified atom stereocenters. The monoisotopic (exact) mass is 280 g/mol. The molecule has 0 aliphatic heterocycles. The maximum Gasteiger partial charge on any atom is 0.200 e. The van der Waals surface area contributed by atoms with Crippen LogP contribution >= 0.6 is 0 Å². The first kappa shape index (κ1) is 13.9. The lowest BCUT2D eigenvalue weighted by molar-refractivity contribution is 0.0921. The Labute approximate surface area is 125 Å². The first-order chi connectivity index (χ1) is 10.2. The lowest BCUT2D eigenvalue weighted by Crippen LogP contribution is -2.12. The summed E-state index contributed by atoms with van der Waals surface area (Å²) in [5.74, 6) is 0.823. The fourth-order valence-corrected chi connectivity index (χ4v) is 2.77. The number of ether oxygens (including phenoxy) is 1. The van der Waals surface area contributed by atoms with Crippen LogP contribution in [0.2, 0.25) is 0 Å². The summed E-state index contributed by atoms with van der Waals surface area (Å²) in [7, 11) is 0. The predicted octanol–water partition coefficient (Wildman–Crippen LogP) is 4.14. The van der Waals surface area contributed by atoms with Crippen LogP contribution in [-0.2, 0) is 12.8 Å². The normalized spacial score (nSPS) is 13.6. The topological polar surface area (TPSA) is 26.3 Å². The highest BCUT2D eigenvalue weighted by Gasteiger charge is 2.11. The largest absolute Gasteiger partial charge is 0.485 e. The number of aryl methyl sites for hydroxylation is 3. The molecule has 3 rings (SSSR count). The van der Waals surface area contributed by atoms with Gasteiger partial charge in [0.05, 0.1) is 0 Å². The van der Waals surface area contributed by atoms with Crippen LogP contribution in [0.15, 0.2) is 42.5 Å². The molecule has 0 N–H and O–H groups in total. The fourth-order valence-electron chi connectivity index (χ4n) is 2.77. The first-order valence-electron chi connectivity index (χ1n) is 7.57. The van der Waals surface area contributed by atoms with Gasteiger partial charge in [0.25, 0.3) is 0 Å². The van der Waals surface area contributed by atoms with Gasteiger partial charge in [0.1, 0.15) is 5.75 Å². The van der Waals surface area contributed by atoms with Crippen molar-refractivity contribution in [2.24, 2.45) is 0 Å². The number of rotatable bonds is 4. The second-order valence-corrected chi connectivity index (χ2v) is 5.72. The minimum absolute atomic E-state index is 0.0210. The maximum atomic E-state index is 12.1. The smallest absolute Gasteiger partial charge is 0.200 e. The Kier molecular flexibility index (Phi) is 4.05. The number of carbonyl (C=O) groups excluding carboxylic acids is 1. The molecule has 0 fully saturated rings. The number of ketones is 1. The SMILES string of the molecule is Cc1ccc(C(=O)COc2ccc3c(c2)CCCC3)cc1. The van der Waals surface area contributed by atoms with E-state index in [-0.39, 0.29) is 12.4 Å². The summed E-state index contributed by atoms with van der Waals surface area (Å²) in [6.07, 6.45) is 4.81. The van der Waals surface area contributed by atoms with Crippen molar-refractivity contribution in [1.82, 2.24) is 0 Å². The molecule has 1 aliphatic carbocycles. The van der Waals surface area contributed by atoms with Crippen molar-refractivity contribution in [2.75, 3.05) is 6.61 Å². The summed E-state index contributed by atoms with van der Waals surface area (Å²) >= 11 is 0. The maximum absolute atomic E-state index is 12.1. The Morgan fingerprint density at radius 2 is 1.71 bits per heavy atom. The summed E-state index contributed by atoms with van der Waals surface area (Å²) in [5, 5.41) is 0. The van der Waals surface area contributed by atoms with E-state index in [4.69, 9.17) is 4.74 Å². The van der Waals surface area contributed by atoms with Crippen molar-refractivity contribution >= 4 is 5.78 Å². The molecule has 0 spiro atoms. The second kappa shape index (κ2) is 6.13. The molecular weight excluding hydrogens is 260 g/mol. The van der Waals surface area contributed by atoms with Gasteiger partial charge in [-0.25, -0.2) is 0 Å². The fraction of sp³-hybridized carbons (Fsp3) is 0.316. The van der Waals surface area contributed by atoms with Gasteiger partial charge in [-0.15, -0.1) is 0 Å². The van der Waals surface area contributed by atoms with Gasteiger partial charge in [-0.2, -0.15) is 0 Å². The third kappa shape index (κ3) is 3.33. The van der Waals surface area contributed by atoms with Crippen LogP contribution in [0.3, 0.4) is 0 Å². The zero-order valence-corrected chi connectivity index (χ0v) is 12.4. The predicted molar refractivity (Wildman–Crippen MR) is 84.1 cm³/mol. The van der Waals surface area contributed by atoms with E-state index in [1.807, 2.05) is 37.3 Å². The summed E-state index contributed by atoms with van der Waals surface area (Å²) in [6.45, 7) is 2.11. The molecule has 108 valence electrons. The van der Waals surface area contributed by atoms with Gasteiger partial charge in [0, 0.05) is 5.56 Å². The number of fused-ring (bicyclic) bond motifs is 1. The summed E-state index contributed by atoms with van der Waals surface area (Å²) in [5.41, 5.74) is 4.67. The average molecular weight is 280 g/mol. The number of Topliss-reactive ketones (excluding diaryl/α,β-unsaturated/α-hetero) is 1. The van der Waals surface area contributed by atoms with Gasteiger partial charge in [0.15, 0.2) is 12.4 Å². The third-order valence-corrected chi connectivity index (χ3v) is 4.06. The molecule has 21 heavy (non-hydrogen) atoms. The molecule has 2 heteroatoms. The van der Waals surface area contributed by atoms with E-state index in [2.05, 4.69) is 12.1 Å². The van der Waals surface area contributed by atoms with Crippen molar-refractivity contribution in [3.05, 3.63) is 64.7 Å². The number of benzene rings is 2. The molecule has 0 radical (unpaired) electrons. The van der Waals surface area contributed by atoms with Crippen LogP contribution < -0.4 is 4.74 Å². The highest BCUT2D eigenvalue weighted by molar-refractivity contribution is 5.97. The van der Waals surface area contributed by atoms with Crippen LogP contribution in [0.25, 0.3) is 0 Å². The van der Waals surface area contributed by atoms with E-state index in [0.29, 0.717) is 5.56 Å². The van der Waals surface area contributed by atoms with Crippen molar-refractivity contribution in [2.45, 2.75) is 32.6 Å². The minimum Gasteiger partial charge on any atom is -0.485 e. The van der Waals surface area contributed by atoms with Crippen molar-refractivity contribution < 1.29 is 9.53 Å². The zero-order chi connectivity index (χ0) is 14.7. The van der Waals surface area contributed by atoms with Crippen LogP contribution in [0, 0.1) is 6.92 Å². The number of carbonyl (C=O) groups is 1. The molecule has 0 heterocycles. The second-order valence-electron chi connectivity index (χ2n) is 5.72. The number of hydrogen-bond donors (Lipinski definition) is 0. The van der Waals surface area contributed by atoms with E-state index in [1.54, 1.807) is 0 Å². The van der Waals surface area contributed by atoms with Gasteiger partial charge in [-0.3, -0.25) is 4.79 Å². The average Bonchev–Trinajstić information content (AvgIpc) is 2.53. The number of hydrogen-bond acceptors (Lipinski definition) is 2. The van der Waals surface area contributed by atoms with Gasteiger partial charge in [0.2, 0.25) is 0 Å². The van der Waals surface area contributed by atoms with Crippen LogP contribution in [0.4, 0.5) is 0 Å². The molecule has 1 aliphatic rings. The van der Waals surface area contributed by atoms with E-state index in [1.165, 1.54) is 24.0 Å². The summed E-state index contributed by atoms with van der Waals surface area (Å²) < 4.78 is 5.67. The van der Waals surface area contributed by atoms with Gasteiger partial charge in [-0.1, -0.05) is 35.9 Å². The molecular formula is C19H20O2. The van der Waals surface area contributed by atoms with Crippen molar-refractivity contribution in [1.29, 1.82) is 0 Å². The minimum atomic E-state index is 0.0210. The Morgan fingerprint density at radius 1 is 1.00 bits per heavy atom. The van der Waals surface area contributed by atoms with Crippen LogP contribution in [0.5, 0.6) is 5.75 Å². The van der Waals surface area contributed by atoms with Gasteiger partial charge in [-0.05, 0) is 55.9 Å². The van der Waals surface area contributed by atoms with Crippen LogP contribution in [0.1, 0.15) is 39.9 Å². The molecule has 0 saturated carbocycles. The molecule has 2 nitrogen and oxygen atoms in total. The lowest BCUT2D eigenvalue weighted by atomic mass is 9.92. The summed E-state index contributed by atoms with van der Waals surface area (Å²) in [6, 6.07) is 13.8. The standard InChI is InChI=1S/C19H20O2/c1-14-6-8-16(9-7-14)19(20)13-21-18-11-10-15-4-2-3-5-17(15)12-18/h6-12H,2-5,13H2,1H3. The third-order valence-electron chi connectivity index (χ3n) is 4.06. The Morgan fingerprint density at radius 3 is 2.48 bits per heavy atom. The molecule has 0 aromatic heterocycles. The molecule has 0 saturated heterocycles. The van der Waals surface area contributed by atoms with E-state index in [0.717, 1.165) is 24.2 Å². The molecule has 0 bridgehead atoms. The van der Waals surface area contributed by atoms with E-state index in [9.17, 15) is 4.79 Å². The van der Waals surface area contributed by atoms with E-state index < -0.39 is 0 Å². The molecule has 0 amide bonds. The highest BCUT2D eigenvalue weighted by Crippen LogP contribution is 2.25. The van der Waals surface area contributed by atoms with Gasteiger partial charge >= 0.3 is 0 Å². The van der Waals surface area contributed by atoms with Gasteiger partial charge < -0.3 is 4.74 Å². The van der Waals surface area contributed by atoms with Crippen LogP contribution in [-0.4, -0.2) is 12.4 Å². The van der Waals surface area contributed by atoms with Crippen molar-refractivity contribution in [3.63, 3.8) is 0 Å². The highest BCUT2D eigenvalue weighted by atomic mass is 16.5. The zero-order valence-electron chi connectivity index (χ0n) is 12.4. The Hall–Kier alpha value is -2.09. The summed E-state index contributed by atoms with van der Waals surface area (Å²) in [4.78, 5) is 12.1. The Balaban J connectivity index is 1.64. The van der Waals surface area contributed by atoms with Crippen molar-refractivity contribution in [3.8, 4) is 5.75 Å². The first-order valence-corrected chi connectivity index (χ1v) is 7.57. The molecule has 2 aromatic rings. The molecule has 0 atom stereocenters. The molecule has 2 aromatic carbocycles. The quantitative estimate of drug-likeness (QED) is 0.787. The van der Waals surface area contributed by atoms with E-state index >= 15 is 0 Å².